The molecule has 0 aromatic carbocycles. The van der Waals surface area contributed by atoms with Gasteiger partial charge in [-0.25, -0.2) is 4.99 Å². The van der Waals surface area contributed by atoms with Crippen molar-refractivity contribution in [1.82, 2.24) is 5.32 Å². The molecule has 0 bridgehead atoms. The normalized spacial score (nSPS) is 14.0. The monoisotopic (exact) mass is 324 g/mol. The van der Waals surface area contributed by atoms with Gasteiger partial charge in [-0.2, -0.15) is 0 Å². The number of aliphatic imine (C=N–C) groups is 1. The van der Waals surface area contributed by atoms with Crippen LogP contribution in [0.15, 0.2) is 17.1 Å². The van der Waals surface area contributed by atoms with Crippen molar-refractivity contribution in [3.05, 3.63) is 12.2 Å². The highest BCUT2D eigenvalue weighted by Gasteiger charge is 2.02. The summed E-state index contributed by atoms with van der Waals surface area (Å²) in [6, 6.07) is 0. The first kappa shape index (κ1) is 21.8. The van der Waals surface area contributed by atoms with Crippen LogP contribution in [-0.2, 0) is 0 Å². The first-order chi connectivity index (χ1) is 10.8. The molecule has 5 nitrogen and oxygen atoms in total. The van der Waals surface area contributed by atoms with Gasteiger partial charge in [0.15, 0.2) is 0 Å². The maximum atomic E-state index is 9.00. The third-order valence-electron chi connectivity index (χ3n) is 3.42. The largest absolute Gasteiger partial charge is 0.379 e. The van der Waals surface area contributed by atoms with Crippen molar-refractivity contribution in [3.8, 4) is 0 Å². The Hall–Kier alpha value is -1.20. The fourth-order valence-corrected chi connectivity index (χ4v) is 1.96. The van der Waals surface area contributed by atoms with Gasteiger partial charge in [0.1, 0.15) is 6.23 Å². The van der Waals surface area contributed by atoms with Gasteiger partial charge in [-0.3, -0.25) is 5.41 Å². The van der Waals surface area contributed by atoms with E-state index in [-0.39, 0.29) is 5.96 Å². The zero-order chi connectivity index (χ0) is 17.7. The first-order valence-electron chi connectivity index (χ1n) is 8.81. The predicted molar refractivity (Wildman–Crippen MR) is 99.9 cm³/mol. The molecular weight excluding hydrogens is 288 g/mol. The molecule has 1 atom stereocenters. The van der Waals surface area contributed by atoms with Crippen LogP contribution in [0.4, 0.5) is 0 Å². The lowest BCUT2D eigenvalue weighted by Gasteiger charge is -2.08. The molecule has 0 saturated carbocycles. The van der Waals surface area contributed by atoms with Gasteiger partial charge in [0, 0.05) is 12.3 Å². The van der Waals surface area contributed by atoms with Crippen LogP contribution in [0.2, 0.25) is 0 Å². The molecule has 0 aromatic heterocycles. The van der Waals surface area contributed by atoms with Gasteiger partial charge >= 0.3 is 0 Å². The predicted octanol–water partition coefficient (Wildman–Crippen LogP) is 3.44. The Morgan fingerprint density at radius 2 is 1.83 bits per heavy atom. The van der Waals surface area contributed by atoms with Gasteiger partial charge in [0.05, 0.1) is 0 Å². The lowest BCUT2D eigenvalue weighted by atomic mass is 10.0. The number of nitrogens with two attached hydrogens (primary N) is 1. The minimum Gasteiger partial charge on any atom is -0.379 e. The van der Waals surface area contributed by atoms with E-state index in [1.807, 2.05) is 0 Å². The zero-order valence-corrected chi connectivity index (χ0v) is 15.3. The van der Waals surface area contributed by atoms with E-state index < -0.39 is 6.23 Å². The second-order valence-corrected chi connectivity index (χ2v) is 6.89. The highest BCUT2D eigenvalue weighted by atomic mass is 16.3. The molecule has 0 fully saturated rings. The van der Waals surface area contributed by atoms with E-state index in [4.69, 9.17) is 16.2 Å². The Morgan fingerprint density at radius 3 is 2.39 bits per heavy atom. The summed E-state index contributed by atoms with van der Waals surface area (Å²) < 4.78 is 0. The zero-order valence-electron chi connectivity index (χ0n) is 15.3. The van der Waals surface area contributed by atoms with Crippen molar-refractivity contribution in [2.45, 2.75) is 72.4 Å². The Bertz CT molecular complexity index is 373. The quantitative estimate of drug-likeness (QED) is 0.203. The lowest BCUT2D eigenvalue weighted by Crippen LogP contribution is -2.25. The molecule has 0 aliphatic carbocycles. The molecule has 0 radical (unpaired) electrons. The van der Waals surface area contributed by atoms with Crippen molar-refractivity contribution in [2.75, 3.05) is 6.54 Å². The number of aliphatic hydroxyl groups excluding tert-OH is 1. The lowest BCUT2D eigenvalue weighted by molar-refractivity contribution is 0.169. The summed E-state index contributed by atoms with van der Waals surface area (Å²) in [4.78, 5) is 4.39. The van der Waals surface area contributed by atoms with E-state index in [0.717, 1.165) is 31.4 Å². The second-order valence-electron chi connectivity index (χ2n) is 6.89. The SMILES string of the molecule is CC(C)CC/C=C/C(CCC(C)C)=N\C(=N)NCCCC(N)O. The van der Waals surface area contributed by atoms with Crippen LogP contribution in [0, 0.1) is 17.2 Å². The van der Waals surface area contributed by atoms with Crippen molar-refractivity contribution in [1.29, 1.82) is 5.41 Å². The van der Waals surface area contributed by atoms with Crippen LogP contribution in [0.3, 0.4) is 0 Å². The van der Waals surface area contributed by atoms with Crippen LogP contribution in [0.25, 0.3) is 0 Å². The highest BCUT2D eigenvalue weighted by Crippen LogP contribution is 2.08. The average molecular weight is 325 g/mol. The van der Waals surface area contributed by atoms with Gasteiger partial charge in [-0.1, -0.05) is 33.8 Å². The molecule has 0 heterocycles. The number of allylic oxidation sites excluding steroid dienone is 2. The molecule has 0 aromatic rings. The topological polar surface area (TPSA) is 94.5 Å². The summed E-state index contributed by atoms with van der Waals surface area (Å²) in [6.07, 6.45) is 8.88. The Morgan fingerprint density at radius 1 is 1.17 bits per heavy atom. The van der Waals surface area contributed by atoms with Crippen molar-refractivity contribution < 1.29 is 5.11 Å². The summed E-state index contributed by atoms with van der Waals surface area (Å²) in [5.74, 6) is 1.51. The Labute approximate surface area is 142 Å². The van der Waals surface area contributed by atoms with Gasteiger partial charge < -0.3 is 16.2 Å². The summed E-state index contributed by atoms with van der Waals surface area (Å²) in [5, 5.41) is 19.9. The Kier molecular flexibility index (Phi) is 12.6. The molecule has 0 saturated heterocycles. The molecule has 23 heavy (non-hydrogen) atoms. The third kappa shape index (κ3) is 15.5. The molecule has 0 aliphatic rings. The standard InChI is InChI=1S/C18H36N4O/c1-14(2)8-5-6-9-16(12-11-15(3)4)22-18(20)21-13-7-10-17(19)23/h6,9,14-15,17,23H,5,7-8,10-13,19H2,1-4H3,(H2,20,21)/b9-6+,22-16+. The second kappa shape index (κ2) is 13.3. The van der Waals surface area contributed by atoms with Crippen LogP contribution in [0.5, 0.6) is 0 Å². The number of aliphatic hydroxyl groups is 1. The molecular formula is C18H36N4O. The number of hydrogen-bond donors (Lipinski definition) is 4. The van der Waals surface area contributed by atoms with Crippen LogP contribution < -0.4 is 11.1 Å². The van der Waals surface area contributed by atoms with E-state index in [1.54, 1.807) is 0 Å². The summed E-state index contributed by atoms with van der Waals surface area (Å²) in [7, 11) is 0. The van der Waals surface area contributed by atoms with Crippen molar-refractivity contribution in [2.24, 2.45) is 22.6 Å². The van der Waals surface area contributed by atoms with Gasteiger partial charge in [0.2, 0.25) is 5.96 Å². The van der Waals surface area contributed by atoms with Crippen LogP contribution in [-0.4, -0.2) is 29.6 Å². The van der Waals surface area contributed by atoms with E-state index in [0.29, 0.717) is 24.8 Å². The Balaban J connectivity index is 4.41. The minimum absolute atomic E-state index is 0.184. The number of guanidine groups is 1. The molecule has 0 rings (SSSR count). The molecule has 134 valence electrons. The number of rotatable bonds is 11. The summed E-state index contributed by atoms with van der Waals surface area (Å²) in [5.41, 5.74) is 6.24. The average Bonchev–Trinajstić information content (AvgIpc) is 2.44. The van der Waals surface area contributed by atoms with Crippen LogP contribution >= 0.6 is 0 Å². The highest BCUT2D eigenvalue weighted by molar-refractivity contribution is 6.02. The van der Waals surface area contributed by atoms with Gasteiger partial charge in [-0.15, -0.1) is 0 Å². The molecule has 1 unspecified atom stereocenters. The fraction of sp³-hybridized carbons (Fsp3) is 0.778. The third-order valence-corrected chi connectivity index (χ3v) is 3.42. The van der Waals surface area contributed by atoms with E-state index >= 15 is 0 Å². The number of nitrogens with zero attached hydrogens (tertiary/aromatic N) is 1. The van der Waals surface area contributed by atoms with E-state index in [1.165, 1.54) is 6.42 Å². The first-order valence-corrected chi connectivity index (χ1v) is 8.81. The molecule has 5 heteroatoms. The van der Waals surface area contributed by atoms with Crippen LogP contribution in [0.1, 0.15) is 66.2 Å². The fourth-order valence-electron chi connectivity index (χ4n) is 1.96. The van der Waals surface area contributed by atoms with Crippen molar-refractivity contribution in [3.63, 3.8) is 0 Å². The van der Waals surface area contributed by atoms with E-state index in [9.17, 15) is 0 Å². The van der Waals surface area contributed by atoms with Gasteiger partial charge in [0.25, 0.3) is 0 Å². The maximum absolute atomic E-state index is 9.00. The maximum Gasteiger partial charge on any atom is 0.215 e. The smallest absolute Gasteiger partial charge is 0.215 e. The van der Waals surface area contributed by atoms with E-state index in [2.05, 4.69) is 50.2 Å². The minimum atomic E-state index is -0.778. The summed E-state index contributed by atoms with van der Waals surface area (Å²) in [6.45, 7) is 9.44. The number of hydrogen-bond acceptors (Lipinski definition) is 3. The van der Waals surface area contributed by atoms with Crippen molar-refractivity contribution >= 4 is 11.7 Å². The molecule has 5 N–H and O–H groups in total. The summed E-state index contributed by atoms with van der Waals surface area (Å²) >= 11 is 0. The molecule has 0 aliphatic heterocycles. The molecule has 0 amide bonds. The van der Waals surface area contributed by atoms with Gasteiger partial charge in [-0.05, 0) is 56.4 Å². The molecule has 0 spiro atoms. The number of nitrogens with one attached hydrogen (secondary N) is 2.